The topological polar surface area (TPSA) is 58.9 Å². The summed E-state index contributed by atoms with van der Waals surface area (Å²) in [6.07, 6.45) is 6.84. The first-order valence-electron chi connectivity index (χ1n) is 10.2. The third-order valence-electron chi connectivity index (χ3n) is 5.76. The molecule has 0 amide bonds. The number of benzene rings is 1. The molecule has 1 aliphatic heterocycles. The van der Waals surface area contributed by atoms with E-state index in [1.165, 1.54) is 11.1 Å². The average Bonchev–Trinajstić information content (AvgIpc) is 2.66. The van der Waals surface area contributed by atoms with Crippen LogP contribution in [-0.4, -0.2) is 41.7 Å². The van der Waals surface area contributed by atoms with Gasteiger partial charge in [-0.25, -0.2) is 0 Å². The molecule has 4 nitrogen and oxygen atoms in total. The Labute approximate surface area is 172 Å². The zero-order chi connectivity index (χ0) is 20.1. The van der Waals surface area contributed by atoms with E-state index in [2.05, 4.69) is 25.1 Å². The van der Waals surface area contributed by atoms with Gasteiger partial charge in [0.15, 0.2) is 0 Å². The second kappa shape index (κ2) is 9.45. The van der Waals surface area contributed by atoms with Gasteiger partial charge in [0.1, 0.15) is 5.75 Å². The Morgan fingerprint density at radius 1 is 1.25 bits per heavy atom. The highest BCUT2D eigenvalue weighted by Crippen LogP contribution is 2.44. The molecule has 2 aliphatic rings. The fourth-order valence-corrected chi connectivity index (χ4v) is 4.41. The van der Waals surface area contributed by atoms with Crippen LogP contribution in [0.2, 0.25) is 0 Å². The number of hydrogen-bond donors (Lipinski definition) is 2. The smallest absolute Gasteiger partial charge is 0.119 e. The molecule has 0 radical (unpaired) electrons. The third-order valence-corrected chi connectivity index (χ3v) is 6.15. The quantitative estimate of drug-likeness (QED) is 0.705. The molecule has 5 heteroatoms. The summed E-state index contributed by atoms with van der Waals surface area (Å²) >= 11 is 6.53. The molecular weight excluding hydrogens is 376 g/mol. The molecule has 1 aliphatic carbocycles. The second-order valence-corrected chi connectivity index (χ2v) is 8.51. The normalized spacial score (nSPS) is 30.5. The van der Waals surface area contributed by atoms with Crippen LogP contribution in [-0.2, 0) is 11.2 Å². The van der Waals surface area contributed by atoms with Gasteiger partial charge < -0.3 is 19.7 Å². The summed E-state index contributed by atoms with van der Waals surface area (Å²) in [6, 6.07) is 8.14. The molecule has 28 heavy (non-hydrogen) atoms. The maximum Gasteiger partial charge on any atom is 0.119 e. The van der Waals surface area contributed by atoms with Crippen LogP contribution < -0.4 is 4.74 Å². The molecule has 0 saturated carbocycles. The van der Waals surface area contributed by atoms with E-state index in [0.29, 0.717) is 25.9 Å². The van der Waals surface area contributed by atoms with Crippen molar-refractivity contribution in [3.8, 4) is 5.75 Å². The number of halogens is 1. The van der Waals surface area contributed by atoms with Crippen LogP contribution in [0.1, 0.15) is 45.1 Å². The van der Waals surface area contributed by atoms with E-state index in [1.54, 1.807) is 0 Å². The van der Waals surface area contributed by atoms with Gasteiger partial charge in [-0.3, -0.25) is 0 Å². The van der Waals surface area contributed by atoms with Gasteiger partial charge in [0.05, 0.1) is 24.9 Å². The third kappa shape index (κ3) is 5.18. The van der Waals surface area contributed by atoms with Gasteiger partial charge in [-0.05, 0) is 62.0 Å². The van der Waals surface area contributed by atoms with Crippen molar-refractivity contribution in [2.75, 3.05) is 13.2 Å². The maximum absolute atomic E-state index is 10.3. The zero-order valence-corrected chi connectivity index (χ0v) is 17.5. The summed E-state index contributed by atoms with van der Waals surface area (Å²) in [5.41, 5.74) is 2.14. The number of ether oxygens (including phenoxy) is 2. The molecule has 4 atom stereocenters. The van der Waals surface area contributed by atoms with Gasteiger partial charge >= 0.3 is 0 Å². The van der Waals surface area contributed by atoms with Crippen LogP contribution >= 0.6 is 11.6 Å². The van der Waals surface area contributed by atoms with E-state index in [9.17, 15) is 10.2 Å². The van der Waals surface area contributed by atoms with E-state index in [-0.39, 0.29) is 24.2 Å². The van der Waals surface area contributed by atoms with Crippen molar-refractivity contribution in [1.82, 2.24) is 0 Å². The second-order valence-electron chi connectivity index (χ2n) is 8.11. The van der Waals surface area contributed by atoms with Gasteiger partial charge in [-0.15, -0.1) is 0 Å². The average molecular weight is 407 g/mol. The number of aliphatic hydroxyl groups excluding tert-OH is 2. The van der Waals surface area contributed by atoms with Crippen LogP contribution in [0, 0.1) is 5.41 Å². The van der Waals surface area contributed by atoms with E-state index >= 15 is 0 Å². The fourth-order valence-electron chi connectivity index (χ4n) is 4.21. The van der Waals surface area contributed by atoms with Gasteiger partial charge in [0, 0.05) is 23.5 Å². The Morgan fingerprint density at radius 2 is 2.00 bits per heavy atom. The predicted molar refractivity (Wildman–Crippen MR) is 112 cm³/mol. The maximum atomic E-state index is 10.3. The lowest BCUT2D eigenvalue weighted by atomic mass is 9.72. The minimum atomic E-state index is -0.392. The van der Waals surface area contributed by atoms with Crippen LogP contribution in [0.15, 0.2) is 47.0 Å². The molecule has 1 aromatic carbocycles. The Balaban J connectivity index is 1.71. The molecule has 0 spiro atoms. The van der Waals surface area contributed by atoms with Crippen LogP contribution in [0.25, 0.3) is 0 Å². The Hall–Kier alpha value is -1.33. The summed E-state index contributed by atoms with van der Waals surface area (Å²) in [6.45, 7) is 4.88. The lowest BCUT2D eigenvalue weighted by molar-refractivity contribution is -0.136. The Kier molecular flexibility index (Phi) is 7.21. The summed E-state index contributed by atoms with van der Waals surface area (Å²) < 4.78 is 11.8. The van der Waals surface area contributed by atoms with Crippen molar-refractivity contribution in [3.05, 3.63) is 52.6 Å². The predicted octanol–water partition coefficient (Wildman–Crippen LogP) is 4.38. The minimum absolute atomic E-state index is 0.0748. The van der Waals surface area contributed by atoms with Crippen molar-refractivity contribution in [3.63, 3.8) is 0 Å². The number of rotatable bonds is 7. The molecule has 4 unspecified atom stereocenters. The molecule has 0 aromatic heterocycles. The highest BCUT2D eigenvalue weighted by molar-refractivity contribution is 6.31. The molecule has 1 aromatic rings. The SMILES string of the molecule is CCOc1ccc(CC2=C(Cl)C=CC(C)(C3CC(O)CC(CCO)O3)C2)cc1. The van der Waals surface area contributed by atoms with Gasteiger partial charge in [-0.2, -0.15) is 0 Å². The highest BCUT2D eigenvalue weighted by atomic mass is 35.5. The van der Waals surface area contributed by atoms with Crippen molar-refractivity contribution >= 4 is 11.6 Å². The zero-order valence-electron chi connectivity index (χ0n) is 16.7. The lowest BCUT2D eigenvalue weighted by Crippen LogP contribution is -2.45. The van der Waals surface area contributed by atoms with Crippen molar-refractivity contribution in [2.45, 2.75) is 64.3 Å². The Bertz CT molecular complexity index is 712. The van der Waals surface area contributed by atoms with E-state index in [4.69, 9.17) is 21.1 Å². The Morgan fingerprint density at radius 3 is 2.68 bits per heavy atom. The fraction of sp³-hybridized carbons (Fsp3) is 0.565. The largest absolute Gasteiger partial charge is 0.494 e. The van der Waals surface area contributed by atoms with Crippen molar-refractivity contribution in [2.24, 2.45) is 5.41 Å². The molecule has 3 rings (SSSR count). The first-order chi connectivity index (χ1) is 13.4. The molecule has 1 heterocycles. The highest BCUT2D eigenvalue weighted by Gasteiger charge is 2.41. The molecule has 154 valence electrons. The van der Waals surface area contributed by atoms with E-state index in [0.717, 1.165) is 23.6 Å². The van der Waals surface area contributed by atoms with E-state index < -0.39 is 6.10 Å². The first kappa shape index (κ1) is 21.4. The van der Waals surface area contributed by atoms with Crippen molar-refractivity contribution < 1.29 is 19.7 Å². The minimum Gasteiger partial charge on any atom is -0.494 e. The number of allylic oxidation sites excluding steroid dienone is 3. The van der Waals surface area contributed by atoms with Crippen LogP contribution in [0.5, 0.6) is 5.75 Å². The van der Waals surface area contributed by atoms with Gasteiger partial charge in [0.25, 0.3) is 0 Å². The summed E-state index contributed by atoms with van der Waals surface area (Å²) in [5.74, 6) is 0.874. The lowest BCUT2D eigenvalue weighted by Gasteiger charge is -2.44. The van der Waals surface area contributed by atoms with Crippen LogP contribution in [0.3, 0.4) is 0 Å². The standard InChI is InChI=1S/C23H31ClO4/c1-3-27-19-6-4-16(5-7-19)12-17-15-23(2,10-8-21(17)24)22-14-18(26)13-20(28-22)9-11-25/h4-8,10,18,20,22,25-26H,3,9,11-15H2,1-2H3. The summed E-state index contributed by atoms with van der Waals surface area (Å²) in [4.78, 5) is 0. The monoisotopic (exact) mass is 406 g/mol. The summed E-state index contributed by atoms with van der Waals surface area (Å²) in [7, 11) is 0. The molecule has 1 fully saturated rings. The molecule has 2 N–H and O–H groups in total. The van der Waals surface area contributed by atoms with Gasteiger partial charge in [0.2, 0.25) is 0 Å². The van der Waals surface area contributed by atoms with Gasteiger partial charge in [-0.1, -0.05) is 36.7 Å². The summed E-state index contributed by atoms with van der Waals surface area (Å²) in [5, 5.41) is 20.3. The molecule has 0 bridgehead atoms. The first-order valence-corrected chi connectivity index (χ1v) is 10.5. The van der Waals surface area contributed by atoms with Crippen LogP contribution in [0.4, 0.5) is 0 Å². The number of aliphatic hydroxyl groups is 2. The number of hydrogen-bond acceptors (Lipinski definition) is 4. The van der Waals surface area contributed by atoms with E-state index in [1.807, 2.05) is 25.1 Å². The molecule has 1 saturated heterocycles. The molecular formula is C23H31ClO4. The van der Waals surface area contributed by atoms with Crippen molar-refractivity contribution in [1.29, 1.82) is 0 Å².